The van der Waals surface area contributed by atoms with Gasteiger partial charge in [0.05, 0.1) is 25.0 Å². The van der Waals surface area contributed by atoms with Gasteiger partial charge in [-0.2, -0.15) is 0 Å². The first-order valence-corrected chi connectivity index (χ1v) is 7.96. The lowest BCUT2D eigenvalue weighted by Gasteiger charge is -2.09. The summed E-state index contributed by atoms with van der Waals surface area (Å²) in [6.07, 6.45) is 0.779. The van der Waals surface area contributed by atoms with Crippen molar-refractivity contribution in [3.8, 4) is 0 Å². The van der Waals surface area contributed by atoms with Gasteiger partial charge in [0.2, 0.25) is 5.82 Å². The minimum atomic E-state index is -2.30. The van der Waals surface area contributed by atoms with E-state index in [9.17, 15) is 31.5 Å². The second-order valence-electron chi connectivity index (χ2n) is 5.97. The van der Waals surface area contributed by atoms with E-state index in [4.69, 9.17) is 4.74 Å². The average Bonchev–Trinajstić information content (AvgIpc) is 2.60. The van der Waals surface area contributed by atoms with Gasteiger partial charge in [-0.1, -0.05) is 13.8 Å². The molecular formula is C17H19F5O4. The molecule has 0 aliphatic heterocycles. The Balaban J connectivity index is 2.45. The van der Waals surface area contributed by atoms with E-state index in [-0.39, 0.29) is 13.0 Å². The van der Waals surface area contributed by atoms with Crippen molar-refractivity contribution in [3.63, 3.8) is 0 Å². The number of hydrogen-bond donors (Lipinski definition) is 0. The molecule has 0 unspecified atom stereocenters. The molecule has 0 saturated carbocycles. The van der Waals surface area contributed by atoms with E-state index < -0.39 is 59.6 Å². The van der Waals surface area contributed by atoms with Crippen LogP contribution in [0.1, 0.15) is 45.1 Å². The van der Waals surface area contributed by atoms with Crippen molar-refractivity contribution in [3.05, 3.63) is 34.6 Å². The number of carbonyl (C=O) groups is 2. The minimum Gasteiger partial charge on any atom is -0.466 e. The average molecular weight is 382 g/mol. The highest BCUT2D eigenvalue weighted by Gasteiger charge is 2.26. The summed E-state index contributed by atoms with van der Waals surface area (Å²) in [5.41, 5.74) is -1.26. The van der Waals surface area contributed by atoms with Crippen LogP contribution in [-0.2, 0) is 25.7 Å². The van der Waals surface area contributed by atoms with E-state index in [0.29, 0.717) is 12.3 Å². The molecule has 1 aromatic rings. The van der Waals surface area contributed by atoms with Gasteiger partial charge >= 0.3 is 11.9 Å². The minimum absolute atomic E-state index is 0.205. The first-order chi connectivity index (χ1) is 12.1. The van der Waals surface area contributed by atoms with Crippen LogP contribution in [-0.4, -0.2) is 18.5 Å². The van der Waals surface area contributed by atoms with Gasteiger partial charge in [0.25, 0.3) is 0 Å². The summed E-state index contributed by atoms with van der Waals surface area (Å²) in [4.78, 5) is 22.9. The quantitative estimate of drug-likeness (QED) is 0.211. The standard InChI is InChI=1S/C17H19F5O4/c1-9(2)4-3-7-25-11(23)5-6-12(24)26-8-10-13(18)15(20)17(22)16(21)14(10)19/h9H,3-8H2,1-2H3. The molecule has 1 rings (SSSR count). The van der Waals surface area contributed by atoms with E-state index in [0.717, 1.165) is 6.42 Å². The number of rotatable bonds is 9. The number of hydrogen-bond acceptors (Lipinski definition) is 4. The van der Waals surface area contributed by atoms with Gasteiger partial charge in [0, 0.05) is 0 Å². The van der Waals surface area contributed by atoms with Crippen molar-refractivity contribution in [2.75, 3.05) is 6.61 Å². The van der Waals surface area contributed by atoms with E-state index in [1.165, 1.54) is 0 Å². The molecule has 0 aliphatic rings. The van der Waals surface area contributed by atoms with Gasteiger partial charge in [0.1, 0.15) is 6.61 Å². The third-order valence-electron chi connectivity index (χ3n) is 3.40. The lowest BCUT2D eigenvalue weighted by Crippen LogP contribution is -2.13. The summed E-state index contributed by atoms with van der Waals surface area (Å²) >= 11 is 0. The molecule has 0 amide bonds. The maximum absolute atomic E-state index is 13.4. The molecule has 0 heterocycles. The Morgan fingerprint density at radius 2 is 1.27 bits per heavy atom. The predicted molar refractivity (Wildman–Crippen MR) is 80.3 cm³/mol. The molecule has 0 aromatic heterocycles. The van der Waals surface area contributed by atoms with Crippen LogP contribution in [0, 0.1) is 35.0 Å². The molecule has 0 radical (unpaired) electrons. The van der Waals surface area contributed by atoms with Crippen LogP contribution in [0.5, 0.6) is 0 Å². The fourth-order valence-corrected chi connectivity index (χ4v) is 1.96. The monoisotopic (exact) mass is 382 g/mol. The van der Waals surface area contributed by atoms with Gasteiger partial charge in [-0.15, -0.1) is 0 Å². The van der Waals surface area contributed by atoms with Crippen molar-refractivity contribution in [1.29, 1.82) is 0 Å². The third-order valence-corrected chi connectivity index (χ3v) is 3.40. The van der Waals surface area contributed by atoms with Crippen molar-refractivity contribution in [2.24, 2.45) is 5.92 Å². The van der Waals surface area contributed by atoms with Crippen LogP contribution in [0.15, 0.2) is 0 Å². The lowest BCUT2D eigenvalue weighted by atomic mass is 10.1. The SMILES string of the molecule is CC(C)CCCOC(=O)CCC(=O)OCc1c(F)c(F)c(F)c(F)c1F. The molecule has 0 spiro atoms. The van der Waals surface area contributed by atoms with Crippen LogP contribution < -0.4 is 0 Å². The number of esters is 2. The summed E-state index contributed by atoms with van der Waals surface area (Å²) in [6, 6.07) is 0. The maximum Gasteiger partial charge on any atom is 0.306 e. The molecule has 26 heavy (non-hydrogen) atoms. The smallest absolute Gasteiger partial charge is 0.306 e. The largest absolute Gasteiger partial charge is 0.466 e. The second-order valence-corrected chi connectivity index (χ2v) is 5.97. The molecule has 146 valence electrons. The van der Waals surface area contributed by atoms with Gasteiger partial charge in [-0.05, 0) is 18.8 Å². The predicted octanol–water partition coefficient (Wildman–Crippen LogP) is 4.18. The fraction of sp³-hybridized carbons (Fsp3) is 0.529. The molecule has 0 aliphatic carbocycles. The zero-order valence-electron chi connectivity index (χ0n) is 14.3. The van der Waals surface area contributed by atoms with Crippen LogP contribution in [0.2, 0.25) is 0 Å². The summed E-state index contributed by atoms with van der Waals surface area (Å²) in [5, 5.41) is 0. The van der Waals surface area contributed by atoms with Gasteiger partial charge < -0.3 is 9.47 Å². The topological polar surface area (TPSA) is 52.6 Å². The molecular weight excluding hydrogens is 363 g/mol. The first kappa shape index (κ1) is 21.9. The number of halogens is 5. The molecule has 0 N–H and O–H groups in total. The second kappa shape index (κ2) is 10.1. The highest BCUT2D eigenvalue weighted by atomic mass is 19.2. The molecule has 1 aromatic carbocycles. The molecule has 0 saturated heterocycles. The Labute approximate surface area is 147 Å². The van der Waals surface area contributed by atoms with Crippen molar-refractivity contribution < 1.29 is 41.0 Å². The zero-order valence-corrected chi connectivity index (χ0v) is 14.3. The van der Waals surface area contributed by atoms with Crippen molar-refractivity contribution in [2.45, 2.75) is 46.1 Å². The maximum atomic E-state index is 13.4. The summed E-state index contributed by atoms with van der Waals surface area (Å²) < 4.78 is 75.1. The fourth-order valence-electron chi connectivity index (χ4n) is 1.96. The summed E-state index contributed by atoms with van der Waals surface area (Å²) in [7, 11) is 0. The van der Waals surface area contributed by atoms with E-state index in [1.54, 1.807) is 0 Å². The molecule has 9 heteroatoms. The van der Waals surface area contributed by atoms with Gasteiger partial charge in [0.15, 0.2) is 23.3 Å². The molecule has 0 atom stereocenters. The molecule has 4 nitrogen and oxygen atoms in total. The Morgan fingerprint density at radius 1 is 0.808 bits per heavy atom. The Morgan fingerprint density at radius 3 is 1.77 bits per heavy atom. The molecule has 0 fully saturated rings. The third kappa shape index (κ3) is 6.27. The van der Waals surface area contributed by atoms with Gasteiger partial charge in [-0.25, -0.2) is 22.0 Å². The van der Waals surface area contributed by atoms with E-state index in [1.807, 2.05) is 13.8 Å². The zero-order chi connectivity index (χ0) is 19.9. The van der Waals surface area contributed by atoms with E-state index in [2.05, 4.69) is 4.74 Å². The highest BCUT2D eigenvalue weighted by molar-refractivity contribution is 5.77. The highest BCUT2D eigenvalue weighted by Crippen LogP contribution is 2.23. The van der Waals surface area contributed by atoms with Crippen molar-refractivity contribution >= 4 is 11.9 Å². The van der Waals surface area contributed by atoms with Gasteiger partial charge in [-0.3, -0.25) is 9.59 Å². The Hall–Kier alpha value is -2.19. The van der Waals surface area contributed by atoms with Crippen LogP contribution in [0.25, 0.3) is 0 Å². The number of carbonyl (C=O) groups excluding carboxylic acids is 2. The van der Waals surface area contributed by atoms with E-state index >= 15 is 0 Å². The van der Waals surface area contributed by atoms with Crippen LogP contribution >= 0.6 is 0 Å². The Kier molecular flexibility index (Phi) is 8.47. The number of benzene rings is 1. The summed E-state index contributed by atoms with van der Waals surface area (Å²) in [5.74, 6) is -11.9. The molecule has 0 bridgehead atoms. The van der Waals surface area contributed by atoms with Crippen LogP contribution in [0.3, 0.4) is 0 Å². The normalized spacial score (nSPS) is 10.9. The van der Waals surface area contributed by atoms with Crippen molar-refractivity contribution in [1.82, 2.24) is 0 Å². The summed E-state index contributed by atoms with van der Waals surface area (Å²) in [6.45, 7) is 3.09. The first-order valence-electron chi connectivity index (χ1n) is 7.96. The van der Waals surface area contributed by atoms with Crippen LogP contribution in [0.4, 0.5) is 22.0 Å². The number of ether oxygens (including phenoxy) is 2. The Bertz CT molecular complexity index is 632. The lowest BCUT2D eigenvalue weighted by molar-refractivity contribution is -0.151.